The van der Waals surface area contributed by atoms with E-state index in [1.54, 1.807) is 0 Å². The fourth-order valence-corrected chi connectivity index (χ4v) is 2.83. The molecule has 3 nitrogen and oxygen atoms in total. The molecule has 0 unspecified atom stereocenters. The molecule has 0 radical (unpaired) electrons. The molecule has 0 amide bonds. The van der Waals surface area contributed by atoms with Crippen molar-refractivity contribution >= 4 is 11.8 Å². The molecule has 1 aliphatic carbocycles. The molecule has 1 rings (SSSR count). The maximum Gasteiger partial charge on any atom is 0.307 e. The molecule has 0 atom stereocenters. The molecule has 0 aromatic rings. The van der Waals surface area contributed by atoms with Gasteiger partial charge < -0.3 is 4.74 Å². The third kappa shape index (κ3) is 3.82. The molecule has 0 bridgehead atoms. The third-order valence-corrected chi connectivity index (χ3v) is 3.51. The number of carbonyl (C=O) groups excluding carboxylic acids is 2. The zero-order chi connectivity index (χ0) is 14.0. The maximum atomic E-state index is 12.4. The Balaban J connectivity index is 2.75. The van der Waals surface area contributed by atoms with Crippen LogP contribution in [0.1, 0.15) is 66.7 Å². The Morgan fingerprint density at radius 2 is 1.67 bits per heavy atom. The van der Waals surface area contributed by atoms with Gasteiger partial charge in [0.1, 0.15) is 11.4 Å². The Labute approximate surface area is 110 Å². The zero-order valence-electron chi connectivity index (χ0n) is 12.3. The number of rotatable bonds is 4. The summed E-state index contributed by atoms with van der Waals surface area (Å²) in [7, 11) is 0. The van der Waals surface area contributed by atoms with Gasteiger partial charge in [0.05, 0.1) is 6.42 Å². The summed E-state index contributed by atoms with van der Waals surface area (Å²) in [6, 6.07) is 0. The number of esters is 1. The number of hydrogen-bond acceptors (Lipinski definition) is 3. The molecule has 0 heterocycles. The van der Waals surface area contributed by atoms with Crippen LogP contribution in [-0.2, 0) is 14.3 Å². The van der Waals surface area contributed by atoms with Gasteiger partial charge in [-0.05, 0) is 33.6 Å². The van der Waals surface area contributed by atoms with Crippen LogP contribution in [0, 0.1) is 11.3 Å². The van der Waals surface area contributed by atoms with Crippen molar-refractivity contribution in [2.75, 3.05) is 0 Å². The standard InChI is InChI=1S/C15H26O3/c1-11(2)13(17)15(8-6-7-9-15)10-12(16)18-14(3,4)5/h11H,6-10H2,1-5H3. The van der Waals surface area contributed by atoms with Gasteiger partial charge in [-0.3, -0.25) is 9.59 Å². The van der Waals surface area contributed by atoms with Gasteiger partial charge in [-0.2, -0.15) is 0 Å². The summed E-state index contributed by atoms with van der Waals surface area (Å²) in [5, 5.41) is 0. The number of Topliss-reactive ketones (excluding diaryl/α,β-unsaturated/α-hetero) is 1. The van der Waals surface area contributed by atoms with Gasteiger partial charge in [-0.15, -0.1) is 0 Å². The van der Waals surface area contributed by atoms with Crippen LogP contribution in [0.25, 0.3) is 0 Å². The van der Waals surface area contributed by atoms with Gasteiger partial charge in [-0.25, -0.2) is 0 Å². The molecule has 3 heteroatoms. The fraction of sp³-hybridized carbons (Fsp3) is 0.867. The molecule has 0 N–H and O–H groups in total. The molecular weight excluding hydrogens is 228 g/mol. The van der Waals surface area contributed by atoms with Crippen LogP contribution in [0.5, 0.6) is 0 Å². The Hall–Kier alpha value is -0.860. The van der Waals surface area contributed by atoms with E-state index >= 15 is 0 Å². The van der Waals surface area contributed by atoms with E-state index in [0.29, 0.717) is 0 Å². The lowest BCUT2D eigenvalue weighted by Crippen LogP contribution is -2.36. The predicted molar refractivity (Wildman–Crippen MR) is 71.2 cm³/mol. The van der Waals surface area contributed by atoms with Crippen molar-refractivity contribution < 1.29 is 14.3 Å². The van der Waals surface area contributed by atoms with E-state index in [2.05, 4.69) is 0 Å². The van der Waals surface area contributed by atoms with Gasteiger partial charge in [0.2, 0.25) is 0 Å². The highest BCUT2D eigenvalue weighted by Gasteiger charge is 2.44. The SMILES string of the molecule is CC(C)C(=O)C1(CC(=O)OC(C)(C)C)CCCC1. The van der Waals surface area contributed by atoms with E-state index in [4.69, 9.17) is 4.74 Å². The maximum absolute atomic E-state index is 12.4. The minimum Gasteiger partial charge on any atom is -0.460 e. The van der Waals surface area contributed by atoms with Crippen molar-refractivity contribution in [2.24, 2.45) is 11.3 Å². The first-order valence-electron chi connectivity index (χ1n) is 6.92. The summed E-state index contributed by atoms with van der Waals surface area (Å²) in [6.07, 6.45) is 4.01. The van der Waals surface area contributed by atoms with Gasteiger partial charge in [0.15, 0.2) is 0 Å². The predicted octanol–water partition coefficient (Wildman–Crippen LogP) is 3.50. The molecule has 104 valence electrons. The first kappa shape index (κ1) is 15.2. The fourth-order valence-electron chi connectivity index (χ4n) is 2.83. The van der Waals surface area contributed by atoms with Crippen molar-refractivity contribution in [1.82, 2.24) is 0 Å². The van der Waals surface area contributed by atoms with Crippen molar-refractivity contribution in [1.29, 1.82) is 0 Å². The summed E-state index contributed by atoms with van der Waals surface area (Å²) in [6.45, 7) is 9.40. The smallest absolute Gasteiger partial charge is 0.307 e. The second-order valence-corrected chi connectivity index (χ2v) is 6.77. The molecule has 0 saturated heterocycles. The average Bonchev–Trinajstić information content (AvgIpc) is 2.62. The summed E-state index contributed by atoms with van der Waals surface area (Å²) >= 11 is 0. The summed E-state index contributed by atoms with van der Waals surface area (Å²) in [4.78, 5) is 24.3. The van der Waals surface area contributed by atoms with Crippen LogP contribution in [0.4, 0.5) is 0 Å². The second-order valence-electron chi connectivity index (χ2n) is 6.77. The summed E-state index contributed by atoms with van der Waals surface area (Å²) in [5.74, 6) is -0.0187. The lowest BCUT2D eigenvalue weighted by Gasteiger charge is -2.30. The normalized spacial score (nSPS) is 19.0. The minimum atomic E-state index is -0.474. The van der Waals surface area contributed by atoms with Crippen LogP contribution in [0.15, 0.2) is 0 Å². The molecular formula is C15H26O3. The van der Waals surface area contributed by atoms with E-state index in [9.17, 15) is 9.59 Å². The Bertz CT molecular complexity index is 317. The van der Waals surface area contributed by atoms with Crippen molar-refractivity contribution in [3.8, 4) is 0 Å². The van der Waals surface area contributed by atoms with Crippen LogP contribution in [0.2, 0.25) is 0 Å². The number of ether oxygens (including phenoxy) is 1. The molecule has 18 heavy (non-hydrogen) atoms. The Kier molecular flexibility index (Phi) is 4.57. The van der Waals surface area contributed by atoms with Crippen molar-refractivity contribution in [2.45, 2.75) is 72.3 Å². The van der Waals surface area contributed by atoms with Gasteiger partial charge in [0.25, 0.3) is 0 Å². The van der Waals surface area contributed by atoms with Crippen LogP contribution in [-0.4, -0.2) is 17.4 Å². The van der Waals surface area contributed by atoms with Crippen LogP contribution >= 0.6 is 0 Å². The van der Waals surface area contributed by atoms with E-state index < -0.39 is 11.0 Å². The Morgan fingerprint density at radius 1 is 1.17 bits per heavy atom. The number of carbonyl (C=O) groups is 2. The second kappa shape index (κ2) is 5.41. The third-order valence-electron chi connectivity index (χ3n) is 3.51. The molecule has 0 spiro atoms. The van der Waals surface area contributed by atoms with Crippen molar-refractivity contribution in [3.63, 3.8) is 0 Å². The molecule has 1 saturated carbocycles. The average molecular weight is 254 g/mol. The van der Waals surface area contributed by atoms with Crippen molar-refractivity contribution in [3.05, 3.63) is 0 Å². The van der Waals surface area contributed by atoms with E-state index in [1.165, 1.54) is 0 Å². The first-order chi connectivity index (χ1) is 8.16. The summed E-state index contributed by atoms with van der Waals surface area (Å²) < 4.78 is 5.36. The number of ketones is 1. The zero-order valence-corrected chi connectivity index (χ0v) is 12.3. The van der Waals surface area contributed by atoms with E-state index in [-0.39, 0.29) is 24.1 Å². The van der Waals surface area contributed by atoms with Gasteiger partial charge >= 0.3 is 5.97 Å². The molecule has 1 aliphatic rings. The van der Waals surface area contributed by atoms with Gasteiger partial charge in [-0.1, -0.05) is 26.7 Å². The monoisotopic (exact) mass is 254 g/mol. The Morgan fingerprint density at radius 3 is 2.06 bits per heavy atom. The number of hydrogen-bond donors (Lipinski definition) is 0. The summed E-state index contributed by atoms with van der Waals surface area (Å²) in [5.41, 5.74) is -0.922. The quantitative estimate of drug-likeness (QED) is 0.721. The van der Waals surface area contributed by atoms with E-state index in [1.807, 2.05) is 34.6 Å². The first-order valence-corrected chi connectivity index (χ1v) is 6.92. The topological polar surface area (TPSA) is 43.4 Å². The molecule has 0 aromatic heterocycles. The molecule has 0 aliphatic heterocycles. The highest BCUT2D eigenvalue weighted by molar-refractivity contribution is 5.90. The highest BCUT2D eigenvalue weighted by atomic mass is 16.6. The largest absolute Gasteiger partial charge is 0.460 e. The van der Waals surface area contributed by atoms with E-state index in [0.717, 1.165) is 25.7 Å². The van der Waals surface area contributed by atoms with Crippen LogP contribution < -0.4 is 0 Å². The lowest BCUT2D eigenvalue weighted by atomic mass is 9.74. The van der Waals surface area contributed by atoms with Crippen LogP contribution in [0.3, 0.4) is 0 Å². The highest BCUT2D eigenvalue weighted by Crippen LogP contribution is 2.44. The van der Waals surface area contributed by atoms with Gasteiger partial charge in [0, 0.05) is 11.3 Å². The lowest BCUT2D eigenvalue weighted by molar-refractivity contribution is -0.160. The molecule has 0 aromatic carbocycles. The minimum absolute atomic E-state index is 0.00876. The molecule has 1 fully saturated rings.